The molecule has 0 saturated carbocycles. The van der Waals surface area contributed by atoms with Crippen molar-refractivity contribution < 1.29 is 19.3 Å². The number of hydrogen-bond donors (Lipinski definition) is 2. The van der Waals surface area contributed by atoms with E-state index in [0.29, 0.717) is 13.1 Å². The van der Waals surface area contributed by atoms with E-state index in [-0.39, 0.29) is 5.91 Å². The minimum Gasteiger partial charge on any atom is -0.496 e. The van der Waals surface area contributed by atoms with Gasteiger partial charge in [0, 0.05) is 12.0 Å². The van der Waals surface area contributed by atoms with Gasteiger partial charge in [-0.05, 0) is 24.6 Å². The average Bonchev–Trinajstić information content (AvgIpc) is 3.27. The summed E-state index contributed by atoms with van der Waals surface area (Å²) in [6.45, 7) is 8.49. The Bertz CT molecular complexity index is 905. The van der Waals surface area contributed by atoms with Crippen LogP contribution in [0.3, 0.4) is 0 Å². The van der Waals surface area contributed by atoms with E-state index < -0.39 is 0 Å². The summed E-state index contributed by atoms with van der Waals surface area (Å²) in [6, 6.07) is 16.5. The fourth-order valence-electron chi connectivity index (χ4n) is 4.40. The molecule has 1 fully saturated rings. The predicted octanol–water partition coefficient (Wildman–Crippen LogP) is -0.0764. The molecule has 158 valence electrons. The molecule has 1 amide bonds. The summed E-state index contributed by atoms with van der Waals surface area (Å²) >= 11 is 0. The van der Waals surface area contributed by atoms with Gasteiger partial charge in [-0.25, -0.2) is 5.01 Å². The summed E-state index contributed by atoms with van der Waals surface area (Å²) in [4.78, 5) is 15.7. The molecule has 0 aliphatic carbocycles. The maximum absolute atomic E-state index is 12.8. The van der Waals surface area contributed by atoms with E-state index in [1.807, 2.05) is 18.2 Å². The molecule has 0 bridgehead atoms. The Balaban J connectivity index is 1.28. The van der Waals surface area contributed by atoms with Gasteiger partial charge in [0.2, 0.25) is 0 Å². The predicted molar refractivity (Wildman–Crippen MR) is 117 cm³/mol. The number of methoxy groups -OCH3 is 1. The largest absolute Gasteiger partial charge is 0.496 e. The zero-order valence-corrected chi connectivity index (χ0v) is 18.0. The molecule has 1 saturated heterocycles. The first-order chi connectivity index (χ1) is 14.6. The van der Waals surface area contributed by atoms with Crippen LogP contribution in [0.25, 0.3) is 0 Å². The Morgan fingerprint density at radius 2 is 1.80 bits per heavy atom. The molecule has 2 aliphatic heterocycles. The standard InChI is InChI=1S/C24H30N4O2/c1-19-8-9-23(30-2)21(16-19)17-26-12-14-27(15-13-26)18-24(29)28-11-10-22(25-28)20-6-4-3-5-7-20/h3-9,16H,10-15,17-18H2,1-2H3/p+2. The number of rotatable bonds is 6. The zero-order valence-electron chi connectivity index (χ0n) is 18.0. The van der Waals surface area contributed by atoms with Crippen molar-refractivity contribution in [2.45, 2.75) is 19.9 Å². The van der Waals surface area contributed by atoms with Crippen molar-refractivity contribution in [3.63, 3.8) is 0 Å². The SMILES string of the molecule is COc1ccc(C)cc1C[NH+]1CC[NH+](CC(=O)N2CCC(c3ccccc3)=N2)CC1. The molecule has 0 unspecified atom stereocenters. The lowest BCUT2D eigenvalue weighted by atomic mass is 10.1. The lowest BCUT2D eigenvalue weighted by Gasteiger charge is -2.30. The quantitative estimate of drug-likeness (QED) is 0.703. The average molecular weight is 409 g/mol. The fourth-order valence-corrected chi connectivity index (χ4v) is 4.40. The van der Waals surface area contributed by atoms with E-state index in [9.17, 15) is 4.79 Å². The fraction of sp³-hybridized carbons (Fsp3) is 0.417. The third kappa shape index (κ3) is 4.89. The van der Waals surface area contributed by atoms with Gasteiger partial charge in [0.05, 0.1) is 19.4 Å². The van der Waals surface area contributed by atoms with E-state index >= 15 is 0 Å². The zero-order chi connectivity index (χ0) is 20.9. The second-order valence-corrected chi connectivity index (χ2v) is 8.35. The summed E-state index contributed by atoms with van der Waals surface area (Å²) in [5, 5.41) is 6.26. The number of carbonyl (C=O) groups excluding carboxylic acids is 1. The third-order valence-corrected chi connectivity index (χ3v) is 6.14. The van der Waals surface area contributed by atoms with Crippen LogP contribution in [-0.2, 0) is 11.3 Å². The van der Waals surface area contributed by atoms with Gasteiger partial charge in [-0.15, -0.1) is 0 Å². The van der Waals surface area contributed by atoms with E-state index in [2.05, 4.69) is 42.4 Å². The van der Waals surface area contributed by atoms with Crippen molar-refractivity contribution in [1.29, 1.82) is 0 Å². The Morgan fingerprint density at radius 3 is 2.53 bits per heavy atom. The number of nitrogens with one attached hydrogen (secondary N) is 2. The molecule has 0 radical (unpaired) electrons. The lowest BCUT2D eigenvalue weighted by molar-refractivity contribution is -1.02. The first-order valence-corrected chi connectivity index (χ1v) is 10.9. The van der Waals surface area contributed by atoms with Gasteiger partial charge in [-0.1, -0.05) is 42.0 Å². The molecule has 2 heterocycles. The maximum Gasteiger partial charge on any atom is 0.297 e. The van der Waals surface area contributed by atoms with E-state index in [0.717, 1.165) is 56.2 Å². The van der Waals surface area contributed by atoms with Crippen LogP contribution in [0.15, 0.2) is 53.6 Å². The monoisotopic (exact) mass is 408 g/mol. The van der Waals surface area contributed by atoms with Crippen LogP contribution in [0.1, 0.15) is 23.1 Å². The number of ether oxygens (including phenoxy) is 1. The molecule has 6 heteroatoms. The Kier molecular flexibility index (Phi) is 6.45. The van der Waals surface area contributed by atoms with Crippen LogP contribution in [0.5, 0.6) is 5.75 Å². The lowest BCUT2D eigenvalue weighted by Crippen LogP contribution is -3.28. The van der Waals surface area contributed by atoms with Crippen molar-refractivity contribution >= 4 is 11.6 Å². The smallest absolute Gasteiger partial charge is 0.297 e. The summed E-state index contributed by atoms with van der Waals surface area (Å²) in [5.74, 6) is 1.11. The van der Waals surface area contributed by atoms with Crippen molar-refractivity contribution in [3.8, 4) is 5.75 Å². The highest BCUT2D eigenvalue weighted by molar-refractivity contribution is 6.02. The summed E-state index contributed by atoms with van der Waals surface area (Å²) in [5.41, 5.74) is 4.66. The number of hydrazone groups is 1. The normalized spacial score (nSPS) is 21.4. The first-order valence-electron chi connectivity index (χ1n) is 10.9. The highest BCUT2D eigenvalue weighted by atomic mass is 16.5. The maximum atomic E-state index is 12.8. The number of carbonyl (C=O) groups is 1. The molecule has 2 aromatic rings. The second-order valence-electron chi connectivity index (χ2n) is 8.35. The highest BCUT2D eigenvalue weighted by Gasteiger charge is 2.29. The molecule has 2 aromatic carbocycles. The third-order valence-electron chi connectivity index (χ3n) is 6.14. The van der Waals surface area contributed by atoms with Crippen molar-refractivity contribution in [2.24, 2.45) is 5.10 Å². The van der Waals surface area contributed by atoms with Gasteiger partial charge in [-0.3, -0.25) is 4.79 Å². The van der Waals surface area contributed by atoms with Crippen molar-refractivity contribution in [2.75, 3.05) is 46.4 Å². The van der Waals surface area contributed by atoms with Crippen LogP contribution < -0.4 is 14.5 Å². The first kappa shape index (κ1) is 20.6. The summed E-state index contributed by atoms with van der Waals surface area (Å²) < 4.78 is 5.53. The number of hydrogen-bond acceptors (Lipinski definition) is 3. The van der Waals surface area contributed by atoms with Gasteiger partial charge in [-0.2, -0.15) is 5.10 Å². The highest BCUT2D eigenvalue weighted by Crippen LogP contribution is 2.18. The molecule has 30 heavy (non-hydrogen) atoms. The van der Waals surface area contributed by atoms with Gasteiger partial charge in [0.25, 0.3) is 5.91 Å². The molecule has 2 aliphatic rings. The van der Waals surface area contributed by atoms with E-state index in [4.69, 9.17) is 4.74 Å². The molecule has 4 rings (SSSR count). The Hall–Kier alpha value is -2.70. The molecular formula is C24H32N4O2+2. The van der Waals surface area contributed by atoms with Crippen LogP contribution in [0, 0.1) is 6.92 Å². The minimum atomic E-state index is 0.139. The van der Waals surface area contributed by atoms with Gasteiger partial charge < -0.3 is 14.5 Å². The van der Waals surface area contributed by atoms with Crippen molar-refractivity contribution in [3.05, 3.63) is 65.2 Å². The molecular weight excluding hydrogens is 376 g/mol. The molecule has 2 N–H and O–H groups in total. The molecule has 6 nitrogen and oxygen atoms in total. The molecule has 0 atom stereocenters. The molecule has 0 spiro atoms. The van der Waals surface area contributed by atoms with Crippen LogP contribution in [0.4, 0.5) is 0 Å². The second kappa shape index (κ2) is 9.41. The minimum absolute atomic E-state index is 0.139. The number of aryl methyl sites for hydroxylation is 1. The van der Waals surface area contributed by atoms with Crippen LogP contribution in [-0.4, -0.2) is 63.0 Å². The van der Waals surface area contributed by atoms with Crippen molar-refractivity contribution in [1.82, 2.24) is 5.01 Å². The summed E-state index contributed by atoms with van der Waals surface area (Å²) in [6.07, 6.45) is 0.835. The Morgan fingerprint density at radius 1 is 1.07 bits per heavy atom. The van der Waals surface area contributed by atoms with E-state index in [1.165, 1.54) is 16.0 Å². The van der Waals surface area contributed by atoms with Gasteiger partial charge in [0.1, 0.15) is 38.5 Å². The Labute approximate surface area is 178 Å². The number of piperazine rings is 1. The van der Waals surface area contributed by atoms with Crippen LogP contribution >= 0.6 is 0 Å². The van der Waals surface area contributed by atoms with Gasteiger partial charge in [0.15, 0.2) is 6.54 Å². The number of nitrogens with zero attached hydrogens (tertiary/aromatic N) is 2. The van der Waals surface area contributed by atoms with Crippen LogP contribution in [0.2, 0.25) is 0 Å². The topological polar surface area (TPSA) is 50.8 Å². The number of benzene rings is 2. The number of amides is 1. The van der Waals surface area contributed by atoms with Gasteiger partial charge >= 0.3 is 0 Å². The molecule has 0 aromatic heterocycles. The van der Waals surface area contributed by atoms with E-state index in [1.54, 1.807) is 17.0 Å². The summed E-state index contributed by atoms with van der Waals surface area (Å²) in [7, 11) is 1.74. The number of quaternary nitrogens is 2.